The first-order valence-electron chi connectivity index (χ1n) is 27.6. The van der Waals surface area contributed by atoms with E-state index < -0.39 is 74.2 Å². The van der Waals surface area contributed by atoms with Gasteiger partial charge in [-0.3, -0.25) is 4.79 Å². The van der Waals surface area contributed by atoms with E-state index in [2.05, 4.69) is 31.3 Å². The number of rotatable bonds is 47. The van der Waals surface area contributed by atoms with Crippen LogP contribution in [-0.2, 0) is 14.3 Å². The number of ether oxygens (including phenoxy) is 2. The molecule has 0 aromatic rings. The molecule has 0 aromatic carbocycles. The Hall–Kier alpha value is -1.15. The monoisotopic (exact) mass is 928 g/mol. The Balaban J connectivity index is 2.25. The van der Waals surface area contributed by atoms with Crippen LogP contribution in [0.3, 0.4) is 0 Å². The van der Waals surface area contributed by atoms with E-state index in [1.807, 2.05) is 0 Å². The van der Waals surface area contributed by atoms with Crippen molar-refractivity contribution in [2.45, 2.75) is 313 Å². The summed E-state index contributed by atoms with van der Waals surface area (Å²) in [6.07, 6.45) is 38.5. The van der Waals surface area contributed by atoms with E-state index in [9.17, 15) is 40.5 Å². The summed E-state index contributed by atoms with van der Waals surface area (Å²) in [5.74, 6) is -0.695. The van der Waals surface area contributed by atoms with Crippen LogP contribution in [0.5, 0.6) is 0 Å². The van der Waals surface area contributed by atoms with Gasteiger partial charge in [0.1, 0.15) is 36.6 Å². The Morgan fingerprint density at radius 1 is 0.523 bits per heavy atom. The highest BCUT2D eigenvalue weighted by molar-refractivity contribution is 5.80. The second-order valence-corrected chi connectivity index (χ2v) is 19.7. The van der Waals surface area contributed by atoms with Crippen LogP contribution in [-0.4, -0.2) is 110 Å². The number of carbonyl (C=O) groups excluding carboxylic acids is 1. The number of hydrogen-bond donors (Lipinski definition) is 8. The average Bonchev–Trinajstić information content (AvgIpc) is 3.31. The minimum Gasteiger partial charge on any atom is -0.394 e. The summed E-state index contributed by atoms with van der Waals surface area (Å²) in [4.78, 5) is 13.1. The van der Waals surface area contributed by atoms with Crippen molar-refractivity contribution < 1.29 is 50.0 Å². The molecular formula is C54H105NO10. The van der Waals surface area contributed by atoms with Crippen LogP contribution in [0.1, 0.15) is 258 Å². The standard InChI is InChI=1S/C54H105NO10/c1-3-5-7-9-11-13-15-16-17-18-19-20-21-22-23-24-25-26-27-28-29-30-32-34-36-38-40-42-47(58)53(63)55-45(44-64-54-52(62)51(61)50(60)48(43-56)65-54)49(59)46(57)41-39-37-35-33-31-14-12-10-8-6-4-2/h22-23,45-52,54,56-62H,3-21,24-44H2,1-2H3,(H,55,63)/b23-22-. The van der Waals surface area contributed by atoms with E-state index in [-0.39, 0.29) is 6.42 Å². The molecule has 0 radical (unpaired) electrons. The highest BCUT2D eigenvalue weighted by Crippen LogP contribution is 2.23. The minimum atomic E-state index is -1.66. The number of carbonyl (C=O) groups is 1. The molecule has 1 heterocycles. The summed E-state index contributed by atoms with van der Waals surface area (Å²) >= 11 is 0. The zero-order chi connectivity index (χ0) is 47.6. The van der Waals surface area contributed by atoms with Crippen LogP contribution in [0.25, 0.3) is 0 Å². The normalized spacial score (nSPS) is 20.9. The number of nitrogens with one attached hydrogen (secondary N) is 1. The molecule has 11 heteroatoms. The zero-order valence-corrected chi connectivity index (χ0v) is 42.0. The maximum absolute atomic E-state index is 13.1. The van der Waals surface area contributed by atoms with Crippen LogP contribution in [0.15, 0.2) is 12.2 Å². The van der Waals surface area contributed by atoms with Gasteiger partial charge in [0.15, 0.2) is 6.29 Å². The molecule has 0 spiro atoms. The first-order chi connectivity index (χ1) is 31.7. The summed E-state index contributed by atoms with van der Waals surface area (Å²) in [6.45, 7) is 3.45. The zero-order valence-electron chi connectivity index (χ0n) is 42.0. The highest BCUT2D eigenvalue weighted by atomic mass is 16.7. The van der Waals surface area contributed by atoms with Gasteiger partial charge in [-0.1, -0.05) is 231 Å². The molecule has 1 saturated heterocycles. The summed E-state index contributed by atoms with van der Waals surface area (Å²) in [5.41, 5.74) is 0. The van der Waals surface area contributed by atoms with Gasteiger partial charge in [-0.25, -0.2) is 0 Å². The number of aliphatic hydroxyl groups excluding tert-OH is 7. The van der Waals surface area contributed by atoms with Crippen molar-refractivity contribution >= 4 is 5.91 Å². The lowest BCUT2D eigenvalue weighted by molar-refractivity contribution is -0.303. The molecule has 1 aliphatic rings. The smallest absolute Gasteiger partial charge is 0.249 e. The number of unbranched alkanes of at least 4 members (excludes halogenated alkanes) is 33. The Morgan fingerprint density at radius 2 is 0.892 bits per heavy atom. The second-order valence-electron chi connectivity index (χ2n) is 19.7. The summed E-state index contributed by atoms with van der Waals surface area (Å²) in [7, 11) is 0. The van der Waals surface area contributed by atoms with Crippen LogP contribution >= 0.6 is 0 Å². The average molecular weight is 928 g/mol. The molecule has 1 aliphatic heterocycles. The van der Waals surface area contributed by atoms with Crippen LogP contribution in [0, 0.1) is 0 Å². The topological polar surface area (TPSA) is 189 Å². The van der Waals surface area contributed by atoms with E-state index >= 15 is 0 Å². The van der Waals surface area contributed by atoms with Gasteiger partial charge < -0.3 is 50.5 Å². The minimum absolute atomic E-state index is 0.262. The molecular weight excluding hydrogens is 823 g/mol. The molecule has 0 aromatic heterocycles. The van der Waals surface area contributed by atoms with E-state index in [4.69, 9.17) is 9.47 Å². The molecule has 0 saturated carbocycles. The molecule has 0 aliphatic carbocycles. The SMILES string of the molecule is CCCCCCCCCCCCCC/C=C\CCCCCCCCCCCCCC(O)C(=O)NC(COC1OC(CO)C(O)C(O)C1O)C(O)C(O)CCCCCCCCCCCCC. The molecule has 9 unspecified atom stereocenters. The van der Waals surface area contributed by atoms with Gasteiger partial charge in [-0.15, -0.1) is 0 Å². The Morgan fingerprint density at radius 3 is 1.29 bits per heavy atom. The van der Waals surface area contributed by atoms with Crippen molar-refractivity contribution in [1.29, 1.82) is 0 Å². The third-order valence-corrected chi connectivity index (χ3v) is 13.6. The molecule has 386 valence electrons. The number of allylic oxidation sites excluding steroid dienone is 2. The third-order valence-electron chi connectivity index (χ3n) is 13.6. The van der Waals surface area contributed by atoms with Crippen molar-refractivity contribution in [3.8, 4) is 0 Å². The lowest BCUT2D eigenvalue weighted by Crippen LogP contribution is -2.60. The fourth-order valence-corrected chi connectivity index (χ4v) is 9.03. The molecule has 65 heavy (non-hydrogen) atoms. The van der Waals surface area contributed by atoms with Crippen molar-refractivity contribution in [2.24, 2.45) is 0 Å². The van der Waals surface area contributed by atoms with Crippen molar-refractivity contribution in [3.05, 3.63) is 12.2 Å². The molecule has 1 rings (SSSR count). The van der Waals surface area contributed by atoms with Gasteiger partial charge in [0, 0.05) is 0 Å². The van der Waals surface area contributed by atoms with Crippen molar-refractivity contribution in [3.63, 3.8) is 0 Å². The fourth-order valence-electron chi connectivity index (χ4n) is 9.03. The van der Waals surface area contributed by atoms with E-state index in [0.29, 0.717) is 19.3 Å². The third kappa shape index (κ3) is 33.1. The van der Waals surface area contributed by atoms with Gasteiger partial charge >= 0.3 is 0 Å². The highest BCUT2D eigenvalue weighted by Gasteiger charge is 2.44. The maximum atomic E-state index is 13.1. The van der Waals surface area contributed by atoms with Gasteiger partial charge in [0.2, 0.25) is 5.91 Å². The van der Waals surface area contributed by atoms with Gasteiger partial charge in [0.05, 0.1) is 25.4 Å². The molecule has 8 N–H and O–H groups in total. The predicted octanol–water partition coefficient (Wildman–Crippen LogP) is 10.8. The summed E-state index contributed by atoms with van der Waals surface area (Å²) in [6, 6.07) is -1.16. The summed E-state index contributed by atoms with van der Waals surface area (Å²) in [5, 5.41) is 75.8. The van der Waals surface area contributed by atoms with Crippen molar-refractivity contribution in [2.75, 3.05) is 13.2 Å². The Kier molecular flexibility index (Phi) is 42.0. The first-order valence-corrected chi connectivity index (χ1v) is 27.6. The van der Waals surface area contributed by atoms with Crippen LogP contribution in [0.2, 0.25) is 0 Å². The number of aliphatic hydroxyl groups is 7. The Bertz CT molecular complexity index is 1060. The van der Waals surface area contributed by atoms with Crippen molar-refractivity contribution in [1.82, 2.24) is 5.32 Å². The first kappa shape index (κ1) is 61.9. The quantitative estimate of drug-likeness (QED) is 0.0215. The van der Waals surface area contributed by atoms with Crippen LogP contribution in [0.4, 0.5) is 0 Å². The summed E-state index contributed by atoms with van der Waals surface area (Å²) < 4.78 is 11.1. The molecule has 11 nitrogen and oxygen atoms in total. The number of amides is 1. The van der Waals surface area contributed by atoms with Gasteiger partial charge in [0.25, 0.3) is 0 Å². The predicted molar refractivity (Wildman–Crippen MR) is 266 cm³/mol. The van der Waals surface area contributed by atoms with Gasteiger partial charge in [-0.2, -0.15) is 0 Å². The molecule has 9 atom stereocenters. The second kappa shape index (κ2) is 44.1. The fraction of sp³-hybridized carbons (Fsp3) is 0.944. The number of hydrogen-bond acceptors (Lipinski definition) is 10. The van der Waals surface area contributed by atoms with Gasteiger partial charge in [-0.05, 0) is 38.5 Å². The maximum Gasteiger partial charge on any atom is 0.249 e. The molecule has 1 fully saturated rings. The lowest BCUT2D eigenvalue weighted by atomic mass is 9.98. The lowest BCUT2D eigenvalue weighted by Gasteiger charge is -2.40. The Labute approximate surface area is 398 Å². The van der Waals surface area contributed by atoms with E-state index in [1.165, 1.54) is 180 Å². The van der Waals surface area contributed by atoms with E-state index in [0.717, 1.165) is 38.5 Å². The van der Waals surface area contributed by atoms with E-state index in [1.54, 1.807) is 0 Å². The van der Waals surface area contributed by atoms with Crippen LogP contribution < -0.4 is 5.32 Å². The largest absolute Gasteiger partial charge is 0.394 e. The molecule has 0 bridgehead atoms. The molecule has 1 amide bonds.